The topological polar surface area (TPSA) is 38.3 Å². The summed E-state index contributed by atoms with van der Waals surface area (Å²) in [7, 11) is 0. The van der Waals surface area contributed by atoms with Crippen LogP contribution in [0.1, 0.15) is 12.5 Å². The number of carbonyl (C=O) groups excluding carboxylic acids is 1. The van der Waals surface area contributed by atoms with Gasteiger partial charge in [-0.2, -0.15) is 0 Å². The minimum atomic E-state index is -0.397. The van der Waals surface area contributed by atoms with E-state index in [1.165, 1.54) is 0 Å². The smallest absolute Gasteiger partial charge is 0.340 e. The summed E-state index contributed by atoms with van der Waals surface area (Å²) in [6, 6.07) is 14.2. The molecule has 0 heterocycles. The SMILES string of the molecule is CCOC(=O)/C(=C/Nc1ccc(Cl)cc1)c1ccc(Cl)cc1. The van der Waals surface area contributed by atoms with Crippen LogP contribution in [0.3, 0.4) is 0 Å². The van der Waals surface area contributed by atoms with Crippen LogP contribution in [0.15, 0.2) is 54.7 Å². The van der Waals surface area contributed by atoms with Crippen molar-refractivity contribution in [2.75, 3.05) is 11.9 Å². The first kappa shape index (κ1) is 16.4. The van der Waals surface area contributed by atoms with Gasteiger partial charge in [0.2, 0.25) is 0 Å². The molecule has 0 unspecified atom stereocenters. The molecule has 5 heteroatoms. The van der Waals surface area contributed by atoms with Crippen molar-refractivity contribution in [1.82, 2.24) is 0 Å². The highest BCUT2D eigenvalue weighted by Crippen LogP contribution is 2.20. The number of halogens is 2. The highest BCUT2D eigenvalue weighted by Gasteiger charge is 2.13. The van der Waals surface area contributed by atoms with Crippen molar-refractivity contribution in [2.45, 2.75) is 6.92 Å². The van der Waals surface area contributed by atoms with Gasteiger partial charge in [0.05, 0.1) is 12.2 Å². The van der Waals surface area contributed by atoms with Gasteiger partial charge in [0.1, 0.15) is 0 Å². The lowest BCUT2D eigenvalue weighted by atomic mass is 10.1. The number of esters is 1. The Morgan fingerprint density at radius 2 is 1.59 bits per heavy atom. The molecule has 0 fully saturated rings. The van der Waals surface area contributed by atoms with E-state index in [-0.39, 0.29) is 0 Å². The number of hydrogen-bond acceptors (Lipinski definition) is 3. The van der Waals surface area contributed by atoms with Crippen molar-refractivity contribution >= 4 is 40.4 Å². The maximum atomic E-state index is 12.1. The lowest BCUT2D eigenvalue weighted by molar-refractivity contribution is -0.136. The predicted octanol–water partition coefficient (Wildman–Crippen LogP) is 5.01. The van der Waals surface area contributed by atoms with Gasteiger partial charge in [0.25, 0.3) is 0 Å². The predicted molar refractivity (Wildman–Crippen MR) is 91.1 cm³/mol. The molecule has 2 rings (SSSR count). The summed E-state index contributed by atoms with van der Waals surface area (Å²) in [5.41, 5.74) is 1.97. The third-order valence-corrected chi connectivity index (χ3v) is 3.38. The van der Waals surface area contributed by atoms with Crippen molar-refractivity contribution in [3.8, 4) is 0 Å². The van der Waals surface area contributed by atoms with Crippen LogP contribution >= 0.6 is 23.2 Å². The summed E-state index contributed by atoms with van der Waals surface area (Å²) in [5.74, 6) is -0.397. The molecular weight excluding hydrogens is 321 g/mol. The first-order valence-electron chi connectivity index (χ1n) is 6.75. The van der Waals surface area contributed by atoms with E-state index >= 15 is 0 Å². The summed E-state index contributed by atoms with van der Waals surface area (Å²) in [4.78, 5) is 12.1. The molecule has 2 aromatic carbocycles. The molecule has 0 aliphatic heterocycles. The number of rotatable bonds is 5. The summed E-state index contributed by atoms with van der Waals surface area (Å²) in [6.45, 7) is 2.08. The fraction of sp³-hybridized carbons (Fsp3) is 0.118. The largest absolute Gasteiger partial charge is 0.462 e. The van der Waals surface area contributed by atoms with Gasteiger partial charge in [0, 0.05) is 21.9 Å². The molecule has 0 aliphatic carbocycles. The van der Waals surface area contributed by atoms with Crippen molar-refractivity contribution in [3.63, 3.8) is 0 Å². The Labute approximate surface area is 139 Å². The second-order valence-electron chi connectivity index (χ2n) is 4.44. The molecule has 3 nitrogen and oxygen atoms in total. The molecular formula is C17H15Cl2NO2. The van der Waals surface area contributed by atoms with Gasteiger partial charge in [-0.25, -0.2) is 4.79 Å². The average Bonchev–Trinajstić information content (AvgIpc) is 2.51. The van der Waals surface area contributed by atoms with Gasteiger partial charge < -0.3 is 10.1 Å². The van der Waals surface area contributed by atoms with Crippen LogP contribution in [0, 0.1) is 0 Å². The summed E-state index contributed by atoms with van der Waals surface area (Å²) in [5, 5.41) is 4.33. The Morgan fingerprint density at radius 3 is 2.14 bits per heavy atom. The van der Waals surface area contributed by atoms with E-state index in [1.54, 1.807) is 49.5 Å². The van der Waals surface area contributed by atoms with E-state index in [1.807, 2.05) is 12.1 Å². The van der Waals surface area contributed by atoms with Crippen LogP contribution in [0.5, 0.6) is 0 Å². The van der Waals surface area contributed by atoms with E-state index in [0.29, 0.717) is 22.2 Å². The van der Waals surface area contributed by atoms with Gasteiger partial charge in [-0.1, -0.05) is 35.3 Å². The average molecular weight is 336 g/mol. The van der Waals surface area contributed by atoms with Gasteiger partial charge >= 0.3 is 5.97 Å². The van der Waals surface area contributed by atoms with E-state index in [4.69, 9.17) is 27.9 Å². The van der Waals surface area contributed by atoms with Crippen LogP contribution in [-0.2, 0) is 9.53 Å². The van der Waals surface area contributed by atoms with Crippen LogP contribution in [0.25, 0.3) is 5.57 Å². The second-order valence-corrected chi connectivity index (χ2v) is 5.31. The molecule has 0 aromatic heterocycles. The van der Waals surface area contributed by atoms with Gasteiger partial charge in [-0.05, 0) is 48.9 Å². The highest BCUT2D eigenvalue weighted by molar-refractivity contribution is 6.31. The molecule has 0 amide bonds. The lowest BCUT2D eigenvalue weighted by Gasteiger charge is -2.09. The molecule has 0 atom stereocenters. The monoisotopic (exact) mass is 335 g/mol. The van der Waals surface area contributed by atoms with E-state index in [9.17, 15) is 4.79 Å². The fourth-order valence-corrected chi connectivity index (χ4v) is 2.05. The molecule has 114 valence electrons. The minimum absolute atomic E-state index is 0.310. The van der Waals surface area contributed by atoms with Crippen molar-refractivity contribution in [1.29, 1.82) is 0 Å². The van der Waals surface area contributed by atoms with Crippen LogP contribution < -0.4 is 5.32 Å². The zero-order valence-corrected chi connectivity index (χ0v) is 13.5. The quantitative estimate of drug-likeness (QED) is 0.616. The molecule has 0 bridgehead atoms. The standard InChI is InChI=1S/C17H15Cl2NO2/c1-2-22-17(21)16(12-3-5-13(18)6-4-12)11-20-15-9-7-14(19)8-10-15/h3-11,20H,2H2,1H3/b16-11+. The Balaban J connectivity index is 2.27. The molecule has 0 saturated carbocycles. The van der Waals surface area contributed by atoms with Crippen molar-refractivity contribution < 1.29 is 9.53 Å². The first-order valence-corrected chi connectivity index (χ1v) is 7.51. The third-order valence-electron chi connectivity index (χ3n) is 2.88. The molecule has 2 aromatic rings. The number of ether oxygens (including phenoxy) is 1. The van der Waals surface area contributed by atoms with Crippen molar-refractivity contribution in [2.24, 2.45) is 0 Å². The Morgan fingerprint density at radius 1 is 1.05 bits per heavy atom. The summed E-state index contributed by atoms with van der Waals surface area (Å²) >= 11 is 11.7. The van der Waals surface area contributed by atoms with E-state index in [2.05, 4.69) is 5.32 Å². The number of nitrogens with one attached hydrogen (secondary N) is 1. The highest BCUT2D eigenvalue weighted by atomic mass is 35.5. The van der Waals surface area contributed by atoms with Crippen molar-refractivity contribution in [3.05, 3.63) is 70.3 Å². The van der Waals surface area contributed by atoms with Gasteiger partial charge in [-0.3, -0.25) is 0 Å². The van der Waals surface area contributed by atoms with E-state index in [0.717, 1.165) is 11.3 Å². The van der Waals surface area contributed by atoms with Crippen LogP contribution in [0.2, 0.25) is 10.0 Å². The zero-order chi connectivity index (χ0) is 15.9. The number of anilines is 1. The fourth-order valence-electron chi connectivity index (χ4n) is 1.80. The van der Waals surface area contributed by atoms with E-state index < -0.39 is 5.97 Å². The Bertz CT molecular complexity index is 664. The molecule has 22 heavy (non-hydrogen) atoms. The van der Waals surface area contributed by atoms with Crippen LogP contribution in [0.4, 0.5) is 5.69 Å². The molecule has 0 saturated heterocycles. The second kappa shape index (κ2) is 7.87. The number of hydrogen-bond donors (Lipinski definition) is 1. The summed E-state index contributed by atoms with van der Waals surface area (Å²) < 4.78 is 5.09. The van der Waals surface area contributed by atoms with Gasteiger partial charge in [-0.15, -0.1) is 0 Å². The first-order chi connectivity index (χ1) is 10.6. The molecule has 0 spiro atoms. The number of carbonyl (C=O) groups is 1. The zero-order valence-electron chi connectivity index (χ0n) is 12.0. The Kier molecular flexibility index (Phi) is 5.87. The number of benzene rings is 2. The summed E-state index contributed by atoms with van der Waals surface area (Å²) in [6.07, 6.45) is 1.62. The Hall–Kier alpha value is -1.97. The maximum Gasteiger partial charge on any atom is 0.340 e. The van der Waals surface area contributed by atoms with Crippen LogP contribution in [-0.4, -0.2) is 12.6 Å². The molecule has 0 radical (unpaired) electrons. The molecule has 0 aliphatic rings. The third kappa shape index (κ3) is 4.52. The lowest BCUT2D eigenvalue weighted by Crippen LogP contribution is -2.08. The normalized spacial score (nSPS) is 11.1. The van der Waals surface area contributed by atoms with Gasteiger partial charge in [0.15, 0.2) is 0 Å². The molecule has 1 N–H and O–H groups in total. The minimum Gasteiger partial charge on any atom is -0.462 e. The maximum absolute atomic E-state index is 12.1.